The highest BCUT2D eigenvalue weighted by atomic mass is 32.2. The van der Waals surface area contributed by atoms with Crippen LogP contribution in [0.25, 0.3) is 0 Å². The maximum absolute atomic E-state index is 13.1. The molecule has 32 heavy (non-hydrogen) atoms. The van der Waals surface area contributed by atoms with E-state index in [9.17, 15) is 18.0 Å². The van der Waals surface area contributed by atoms with E-state index in [-0.39, 0.29) is 36.0 Å². The molecule has 4 rings (SSSR count). The molecular formula is C23H26N2O6S. The molecule has 0 saturated carbocycles. The number of methoxy groups -OCH3 is 1. The summed E-state index contributed by atoms with van der Waals surface area (Å²) in [5.74, 6) is -0.301. The Morgan fingerprint density at radius 1 is 1.09 bits per heavy atom. The van der Waals surface area contributed by atoms with Crippen LogP contribution in [-0.2, 0) is 37.3 Å². The van der Waals surface area contributed by atoms with Gasteiger partial charge in [0.25, 0.3) is 0 Å². The maximum Gasteiger partial charge on any atom is 0.414 e. The molecule has 0 atom stereocenters. The van der Waals surface area contributed by atoms with Crippen LogP contribution in [0.3, 0.4) is 0 Å². The summed E-state index contributed by atoms with van der Waals surface area (Å²) in [6, 6.07) is 14.1. The van der Waals surface area contributed by atoms with Crippen LogP contribution in [0.4, 0.5) is 10.5 Å². The van der Waals surface area contributed by atoms with Crippen molar-refractivity contribution in [1.29, 1.82) is 0 Å². The van der Waals surface area contributed by atoms with E-state index >= 15 is 0 Å². The van der Waals surface area contributed by atoms with Crippen LogP contribution < -0.4 is 4.90 Å². The fourth-order valence-corrected chi connectivity index (χ4v) is 5.66. The standard InChI is InChI=1S/C23H26N2O6S/c1-30-22(26)11-8-17-6-9-20(10-7-17)32(28,29)24-14-12-19(13-15-24)25-21-5-3-2-4-18(21)16-31-23(25)27/h2-7,9-10,19H,8,11-16H2,1H3. The summed E-state index contributed by atoms with van der Waals surface area (Å²) in [7, 11) is -2.29. The molecule has 2 heterocycles. The van der Waals surface area contributed by atoms with Gasteiger partial charge in [-0.25, -0.2) is 13.2 Å². The topological polar surface area (TPSA) is 93.2 Å². The quantitative estimate of drug-likeness (QED) is 0.618. The van der Waals surface area contributed by atoms with Crippen molar-refractivity contribution in [3.63, 3.8) is 0 Å². The molecule has 2 aromatic carbocycles. The van der Waals surface area contributed by atoms with Gasteiger partial charge in [0, 0.05) is 31.1 Å². The summed E-state index contributed by atoms with van der Waals surface area (Å²) in [6.45, 7) is 0.903. The van der Waals surface area contributed by atoms with Gasteiger partial charge in [-0.1, -0.05) is 30.3 Å². The van der Waals surface area contributed by atoms with E-state index in [2.05, 4.69) is 4.74 Å². The summed E-state index contributed by atoms with van der Waals surface area (Å²) in [5.41, 5.74) is 2.66. The van der Waals surface area contributed by atoms with Gasteiger partial charge in [-0.3, -0.25) is 9.69 Å². The molecule has 0 N–H and O–H groups in total. The molecule has 0 spiro atoms. The second kappa shape index (κ2) is 9.30. The SMILES string of the molecule is COC(=O)CCc1ccc(S(=O)(=O)N2CCC(N3C(=O)OCc4ccccc43)CC2)cc1. The van der Waals surface area contributed by atoms with Gasteiger partial charge in [-0.15, -0.1) is 0 Å². The third-order valence-corrected chi connectivity index (χ3v) is 7.91. The second-order valence-electron chi connectivity index (χ2n) is 7.91. The third kappa shape index (κ3) is 4.49. The van der Waals surface area contributed by atoms with E-state index in [0.29, 0.717) is 32.4 Å². The van der Waals surface area contributed by atoms with Gasteiger partial charge in [0.05, 0.1) is 17.7 Å². The van der Waals surface area contributed by atoms with Crippen molar-refractivity contribution in [3.05, 3.63) is 59.7 Å². The van der Waals surface area contributed by atoms with Gasteiger partial charge in [-0.2, -0.15) is 4.31 Å². The number of aryl methyl sites for hydroxylation is 1. The van der Waals surface area contributed by atoms with Crippen molar-refractivity contribution < 1.29 is 27.5 Å². The lowest BCUT2D eigenvalue weighted by Crippen LogP contribution is -2.50. The number of ether oxygens (including phenoxy) is 2. The van der Waals surface area contributed by atoms with E-state index < -0.39 is 10.0 Å². The van der Waals surface area contributed by atoms with Gasteiger partial charge in [0.15, 0.2) is 0 Å². The number of hydrogen-bond acceptors (Lipinski definition) is 6. The summed E-state index contributed by atoms with van der Waals surface area (Å²) < 4.78 is 37.6. The summed E-state index contributed by atoms with van der Waals surface area (Å²) in [4.78, 5) is 25.6. The Bertz CT molecular complexity index is 1090. The van der Waals surface area contributed by atoms with Crippen LogP contribution in [-0.4, -0.2) is 51.0 Å². The molecule has 9 heteroatoms. The molecule has 170 valence electrons. The monoisotopic (exact) mass is 458 g/mol. The number of nitrogens with zero attached hydrogens (tertiary/aromatic N) is 2. The molecule has 0 aromatic heterocycles. The number of anilines is 1. The van der Waals surface area contributed by atoms with Crippen LogP contribution in [0.5, 0.6) is 0 Å². The molecular weight excluding hydrogens is 432 g/mol. The Labute approximate surface area is 187 Å². The largest absolute Gasteiger partial charge is 0.469 e. The second-order valence-corrected chi connectivity index (χ2v) is 9.85. The minimum atomic E-state index is -3.64. The number of benzene rings is 2. The van der Waals surface area contributed by atoms with Gasteiger partial charge in [0.2, 0.25) is 10.0 Å². The summed E-state index contributed by atoms with van der Waals surface area (Å²) >= 11 is 0. The predicted octanol–water partition coefficient (Wildman–Crippen LogP) is 3.10. The lowest BCUT2D eigenvalue weighted by atomic mass is 10.0. The van der Waals surface area contributed by atoms with E-state index in [1.807, 2.05) is 24.3 Å². The Hall–Kier alpha value is -2.91. The number of carbonyl (C=O) groups is 2. The molecule has 0 unspecified atom stereocenters. The number of fused-ring (bicyclic) bond motifs is 1. The Morgan fingerprint density at radius 2 is 1.78 bits per heavy atom. The molecule has 2 aromatic rings. The molecule has 8 nitrogen and oxygen atoms in total. The number of hydrogen-bond donors (Lipinski definition) is 0. The zero-order valence-corrected chi connectivity index (χ0v) is 18.7. The maximum atomic E-state index is 13.1. The minimum absolute atomic E-state index is 0.115. The molecule has 1 saturated heterocycles. The molecule has 2 aliphatic heterocycles. The average molecular weight is 459 g/mol. The van der Waals surface area contributed by atoms with Crippen LogP contribution in [0.15, 0.2) is 53.4 Å². The first-order chi connectivity index (χ1) is 15.4. The van der Waals surface area contributed by atoms with Crippen LogP contribution in [0, 0.1) is 0 Å². The molecule has 1 fully saturated rings. The lowest BCUT2D eigenvalue weighted by molar-refractivity contribution is -0.140. The van der Waals surface area contributed by atoms with Crippen LogP contribution in [0.1, 0.15) is 30.4 Å². The Balaban J connectivity index is 1.41. The Morgan fingerprint density at radius 3 is 2.47 bits per heavy atom. The van der Waals surface area contributed by atoms with Crippen LogP contribution in [0.2, 0.25) is 0 Å². The van der Waals surface area contributed by atoms with Crippen LogP contribution >= 0.6 is 0 Å². The Kier molecular flexibility index (Phi) is 6.48. The van der Waals surface area contributed by atoms with E-state index in [4.69, 9.17) is 4.74 Å². The average Bonchev–Trinajstić information content (AvgIpc) is 2.83. The molecule has 0 radical (unpaired) electrons. The number of rotatable bonds is 6. The molecule has 0 aliphatic carbocycles. The predicted molar refractivity (Wildman–Crippen MR) is 118 cm³/mol. The minimum Gasteiger partial charge on any atom is -0.469 e. The van der Waals surface area contributed by atoms with Gasteiger partial charge < -0.3 is 9.47 Å². The lowest BCUT2D eigenvalue weighted by Gasteiger charge is -2.39. The first-order valence-electron chi connectivity index (χ1n) is 10.6. The number of carbonyl (C=O) groups excluding carboxylic acids is 2. The van der Waals surface area contributed by atoms with Crippen molar-refractivity contribution in [3.8, 4) is 0 Å². The van der Waals surface area contributed by atoms with Crippen molar-refractivity contribution in [2.45, 2.75) is 43.2 Å². The van der Waals surface area contributed by atoms with Gasteiger partial charge >= 0.3 is 12.1 Å². The van der Waals surface area contributed by atoms with Gasteiger partial charge in [-0.05, 0) is 43.0 Å². The number of cyclic esters (lactones) is 1. The van der Waals surface area contributed by atoms with Gasteiger partial charge in [0.1, 0.15) is 6.61 Å². The zero-order chi connectivity index (χ0) is 22.7. The fraction of sp³-hybridized carbons (Fsp3) is 0.391. The normalized spacial score (nSPS) is 17.5. The summed E-state index contributed by atoms with van der Waals surface area (Å²) in [6.07, 6.45) is 1.41. The number of esters is 1. The van der Waals surface area contributed by atoms with E-state index in [1.165, 1.54) is 11.4 Å². The highest BCUT2D eigenvalue weighted by Crippen LogP contribution is 2.32. The smallest absolute Gasteiger partial charge is 0.414 e. The summed E-state index contributed by atoms with van der Waals surface area (Å²) in [5, 5.41) is 0. The van der Waals surface area contributed by atoms with Crippen molar-refractivity contribution in [2.24, 2.45) is 0 Å². The fourth-order valence-electron chi connectivity index (χ4n) is 4.19. The van der Waals surface area contributed by atoms with E-state index in [1.54, 1.807) is 29.2 Å². The zero-order valence-electron chi connectivity index (χ0n) is 17.9. The van der Waals surface area contributed by atoms with Crippen molar-refractivity contribution >= 4 is 27.8 Å². The highest BCUT2D eigenvalue weighted by Gasteiger charge is 2.36. The first kappa shape index (κ1) is 22.3. The van der Waals surface area contributed by atoms with Crippen molar-refractivity contribution in [2.75, 3.05) is 25.1 Å². The van der Waals surface area contributed by atoms with E-state index in [0.717, 1.165) is 16.8 Å². The molecule has 1 amide bonds. The molecule has 0 bridgehead atoms. The third-order valence-electron chi connectivity index (χ3n) is 5.99. The number of para-hydroxylation sites is 1. The highest BCUT2D eigenvalue weighted by molar-refractivity contribution is 7.89. The number of amides is 1. The molecule has 2 aliphatic rings. The first-order valence-corrected chi connectivity index (χ1v) is 12.0. The number of piperidine rings is 1. The number of sulfonamides is 1. The van der Waals surface area contributed by atoms with Crippen molar-refractivity contribution in [1.82, 2.24) is 4.31 Å².